The van der Waals surface area contributed by atoms with Crippen molar-refractivity contribution >= 4 is 0 Å². The number of benzene rings is 1. The molecule has 0 aliphatic heterocycles. The van der Waals surface area contributed by atoms with Gasteiger partial charge in [-0.15, -0.1) is 0 Å². The number of nitrogens with two attached hydrogens (primary N) is 1. The molecule has 1 aliphatic carbocycles. The van der Waals surface area contributed by atoms with Crippen LogP contribution < -0.4 is 10.5 Å². The predicted molar refractivity (Wildman–Crippen MR) is 66.8 cm³/mol. The first-order valence-corrected chi connectivity index (χ1v) is 5.87. The third-order valence-electron chi connectivity index (χ3n) is 4.02. The van der Waals surface area contributed by atoms with Crippen LogP contribution >= 0.6 is 0 Å². The van der Waals surface area contributed by atoms with E-state index in [4.69, 9.17) is 10.5 Å². The van der Waals surface area contributed by atoms with Gasteiger partial charge in [-0.3, -0.25) is 0 Å². The molecule has 0 spiro atoms. The summed E-state index contributed by atoms with van der Waals surface area (Å²) in [4.78, 5) is 0. The van der Waals surface area contributed by atoms with Crippen LogP contribution in [0.3, 0.4) is 0 Å². The van der Waals surface area contributed by atoms with Crippen molar-refractivity contribution in [3.63, 3.8) is 0 Å². The molecule has 1 fully saturated rings. The zero-order valence-corrected chi connectivity index (χ0v) is 10.6. The lowest BCUT2D eigenvalue weighted by Gasteiger charge is -2.10. The molecule has 1 aromatic rings. The Morgan fingerprint density at radius 1 is 1.38 bits per heavy atom. The quantitative estimate of drug-likeness (QED) is 0.848. The molecule has 0 amide bonds. The summed E-state index contributed by atoms with van der Waals surface area (Å²) >= 11 is 0. The number of rotatable bonds is 3. The minimum atomic E-state index is 0.315. The van der Waals surface area contributed by atoms with E-state index in [2.05, 4.69) is 39.0 Å². The Hall–Kier alpha value is -1.02. The highest BCUT2D eigenvalue weighted by molar-refractivity contribution is 5.44. The topological polar surface area (TPSA) is 35.2 Å². The van der Waals surface area contributed by atoms with Crippen molar-refractivity contribution < 1.29 is 4.74 Å². The van der Waals surface area contributed by atoms with Crippen molar-refractivity contribution in [1.29, 1.82) is 0 Å². The van der Waals surface area contributed by atoms with E-state index < -0.39 is 0 Å². The van der Waals surface area contributed by atoms with Gasteiger partial charge < -0.3 is 10.5 Å². The van der Waals surface area contributed by atoms with Gasteiger partial charge in [0.25, 0.3) is 0 Å². The first-order chi connectivity index (χ1) is 7.52. The Kier molecular flexibility index (Phi) is 2.70. The number of aryl methyl sites for hydroxylation is 1. The molecule has 0 unspecified atom stereocenters. The number of methoxy groups -OCH3 is 1. The Morgan fingerprint density at radius 2 is 2.06 bits per heavy atom. The zero-order valence-electron chi connectivity index (χ0n) is 10.6. The van der Waals surface area contributed by atoms with Crippen LogP contribution in [-0.4, -0.2) is 13.7 Å². The normalized spacial score (nSPS) is 26.6. The van der Waals surface area contributed by atoms with Crippen LogP contribution in [0.5, 0.6) is 5.75 Å². The highest BCUT2D eigenvalue weighted by Crippen LogP contribution is 2.65. The van der Waals surface area contributed by atoms with Crippen molar-refractivity contribution in [1.82, 2.24) is 0 Å². The van der Waals surface area contributed by atoms with Gasteiger partial charge in [0.15, 0.2) is 0 Å². The summed E-state index contributed by atoms with van der Waals surface area (Å²) in [7, 11) is 1.74. The fraction of sp³-hybridized carbons (Fsp3) is 0.571. The average Bonchev–Trinajstić information content (AvgIpc) is 2.80. The predicted octanol–water partition coefficient (Wildman–Crippen LogP) is 2.70. The number of hydrogen-bond donors (Lipinski definition) is 1. The summed E-state index contributed by atoms with van der Waals surface area (Å²) in [5.41, 5.74) is 8.75. The monoisotopic (exact) mass is 219 g/mol. The van der Waals surface area contributed by atoms with E-state index >= 15 is 0 Å². The molecule has 88 valence electrons. The molecule has 0 radical (unpaired) electrons. The maximum absolute atomic E-state index is 5.83. The van der Waals surface area contributed by atoms with Crippen LogP contribution in [0.1, 0.15) is 30.9 Å². The molecule has 2 rings (SSSR count). The molecule has 2 heteroatoms. The van der Waals surface area contributed by atoms with Gasteiger partial charge in [0.05, 0.1) is 7.11 Å². The van der Waals surface area contributed by atoms with Gasteiger partial charge in [0, 0.05) is 0 Å². The Balaban J connectivity index is 2.38. The molecule has 1 saturated carbocycles. The van der Waals surface area contributed by atoms with Crippen molar-refractivity contribution in [2.75, 3.05) is 13.7 Å². The molecule has 0 aromatic heterocycles. The van der Waals surface area contributed by atoms with E-state index in [1.54, 1.807) is 7.11 Å². The molecular weight excluding hydrogens is 198 g/mol. The number of hydrogen-bond acceptors (Lipinski definition) is 2. The van der Waals surface area contributed by atoms with Crippen LogP contribution in [-0.2, 0) is 0 Å². The van der Waals surface area contributed by atoms with E-state index in [1.807, 2.05) is 0 Å². The Bertz CT molecular complexity index is 398. The van der Waals surface area contributed by atoms with Gasteiger partial charge in [-0.25, -0.2) is 0 Å². The smallest absolute Gasteiger partial charge is 0.122 e. The lowest BCUT2D eigenvalue weighted by molar-refractivity contribution is 0.407. The Labute approximate surface area is 97.8 Å². The molecule has 2 nitrogen and oxygen atoms in total. The summed E-state index contributed by atoms with van der Waals surface area (Å²) in [6, 6.07) is 6.39. The molecule has 0 heterocycles. The van der Waals surface area contributed by atoms with Gasteiger partial charge in [0.1, 0.15) is 5.75 Å². The van der Waals surface area contributed by atoms with Gasteiger partial charge in [-0.2, -0.15) is 0 Å². The van der Waals surface area contributed by atoms with Crippen LogP contribution in [0.2, 0.25) is 0 Å². The van der Waals surface area contributed by atoms with Gasteiger partial charge in [0.2, 0.25) is 0 Å². The first kappa shape index (κ1) is 11.5. The van der Waals surface area contributed by atoms with Crippen molar-refractivity contribution in [3.05, 3.63) is 29.3 Å². The fourth-order valence-electron chi connectivity index (χ4n) is 2.90. The third kappa shape index (κ3) is 1.61. The molecule has 0 bridgehead atoms. The van der Waals surface area contributed by atoms with Crippen LogP contribution in [0, 0.1) is 18.3 Å². The van der Waals surface area contributed by atoms with Gasteiger partial charge in [-0.1, -0.05) is 31.5 Å². The Morgan fingerprint density at radius 3 is 2.56 bits per heavy atom. The van der Waals surface area contributed by atoms with E-state index in [0.29, 0.717) is 17.3 Å². The van der Waals surface area contributed by atoms with Gasteiger partial charge in [-0.05, 0) is 42.3 Å². The summed E-state index contributed by atoms with van der Waals surface area (Å²) in [6.07, 6.45) is 0. The average molecular weight is 219 g/mol. The SMILES string of the molecule is COc1ccc(C)cc1[C@@H]1[C@@H](CN)C1(C)C. The van der Waals surface area contributed by atoms with Crippen molar-refractivity contribution in [3.8, 4) is 5.75 Å². The summed E-state index contributed by atoms with van der Waals surface area (Å²) in [5.74, 6) is 2.13. The second kappa shape index (κ2) is 3.77. The largest absolute Gasteiger partial charge is 0.496 e. The van der Waals surface area contributed by atoms with Crippen molar-refractivity contribution in [2.24, 2.45) is 17.1 Å². The summed E-state index contributed by atoms with van der Waals surface area (Å²) in [5, 5.41) is 0. The molecule has 1 aromatic carbocycles. The summed E-state index contributed by atoms with van der Waals surface area (Å²) < 4.78 is 5.45. The first-order valence-electron chi connectivity index (χ1n) is 5.87. The fourth-order valence-corrected chi connectivity index (χ4v) is 2.90. The number of ether oxygens (including phenoxy) is 1. The highest BCUT2D eigenvalue weighted by Gasteiger charge is 2.58. The minimum Gasteiger partial charge on any atom is -0.496 e. The molecule has 1 aliphatic rings. The maximum Gasteiger partial charge on any atom is 0.122 e. The van der Waals surface area contributed by atoms with E-state index in [0.717, 1.165) is 12.3 Å². The highest BCUT2D eigenvalue weighted by atomic mass is 16.5. The molecule has 16 heavy (non-hydrogen) atoms. The second-order valence-electron chi connectivity index (χ2n) is 5.39. The van der Waals surface area contributed by atoms with E-state index in [1.165, 1.54) is 11.1 Å². The van der Waals surface area contributed by atoms with E-state index in [9.17, 15) is 0 Å². The van der Waals surface area contributed by atoms with Crippen LogP contribution in [0.25, 0.3) is 0 Å². The van der Waals surface area contributed by atoms with Crippen molar-refractivity contribution in [2.45, 2.75) is 26.7 Å². The standard InChI is InChI=1S/C14H21NO/c1-9-5-6-12(16-4)10(7-9)13-11(8-15)14(13,2)3/h5-7,11,13H,8,15H2,1-4H3/t11-,13-/m1/s1. The maximum atomic E-state index is 5.83. The molecular formula is C14H21NO. The summed E-state index contributed by atoms with van der Waals surface area (Å²) in [6.45, 7) is 7.46. The van der Waals surface area contributed by atoms with Gasteiger partial charge >= 0.3 is 0 Å². The minimum absolute atomic E-state index is 0.315. The zero-order chi connectivity index (χ0) is 11.9. The van der Waals surface area contributed by atoms with Crippen LogP contribution in [0.4, 0.5) is 0 Å². The second-order valence-corrected chi connectivity index (χ2v) is 5.39. The lowest BCUT2D eigenvalue weighted by Crippen LogP contribution is -2.05. The molecule has 2 N–H and O–H groups in total. The third-order valence-corrected chi connectivity index (χ3v) is 4.02. The van der Waals surface area contributed by atoms with Crippen LogP contribution in [0.15, 0.2) is 18.2 Å². The molecule has 0 saturated heterocycles. The lowest BCUT2D eigenvalue weighted by atomic mass is 10.0. The molecule has 2 atom stereocenters. The van der Waals surface area contributed by atoms with E-state index in [-0.39, 0.29) is 0 Å².